The second kappa shape index (κ2) is 20.5. The quantitative estimate of drug-likeness (QED) is 0.0406. The van der Waals surface area contributed by atoms with E-state index in [1.165, 1.54) is 15.9 Å². The SMILES string of the molecule is CC(C)(C)OC(=O)NC(CSC(c1ccccc1)(c1ccccc1)c1ccccc1)C(=O)OCCCCCC[PH](c1ccccc1)(c1ccccc1)c1ccccc1. The molecular weight excluding hydrogens is 754 g/mol. The third-order valence-electron chi connectivity index (χ3n) is 10.5. The molecular formula is C51H56NO4PS. The number of esters is 1. The maximum absolute atomic E-state index is 14.0. The van der Waals surface area contributed by atoms with Gasteiger partial charge in [0.25, 0.3) is 0 Å². The Morgan fingerprint density at radius 1 is 0.552 bits per heavy atom. The zero-order valence-corrected chi connectivity index (χ0v) is 35.7. The van der Waals surface area contributed by atoms with Crippen LogP contribution < -0.4 is 21.2 Å². The molecule has 0 radical (unpaired) electrons. The van der Waals surface area contributed by atoms with E-state index in [0.717, 1.165) is 48.5 Å². The molecule has 0 fully saturated rings. The fraction of sp³-hybridized carbons (Fsp3) is 0.255. The molecule has 1 N–H and O–H groups in total. The molecule has 6 aromatic rings. The molecule has 0 spiro atoms. The van der Waals surface area contributed by atoms with Crippen molar-refractivity contribution in [2.45, 2.75) is 62.8 Å². The molecule has 0 aliphatic rings. The average molecular weight is 810 g/mol. The summed E-state index contributed by atoms with van der Waals surface area (Å²) in [6, 6.07) is 63.1. The van der Waals surface area contributed by atoms with Crippen LogP contribution in [-0.2, 0) is 19.0 Å². The standard InChI is InChI=1S/C51H56NO4PS/c1-50(2,3)56-49(54)52-47(40-58-51(41-26-12-6-13-27-41,42-28-14-7-15-29-42)43-30-16-8-17-31-43)48(53)55-38-24-4-5-25-39-57(44-32-18-9-19-33-44,45-34-20-10-21-35-45)46-36-22-11-23-37-46/h6-23,26-37,47,57H,4-5,24-25,38-40H2,1-3H3,(H,52,54). The van der Waals surface area contributed by atoms with E-state index in [1.807, 2.05) is 75.4 Å². The van der Waals surface area contributed by atoms with Crippen LogP contribution in [0.2, 0.25) is 0 Å². The summed E-state index contributed by atoms with van der Waals surface area (Å²) in [5.74, 6) is -0.216. The molecule has 1 amide bonds. The van der Waals surface area contributed by atoms with Crippen LogP contribution in [-0.4, -0.2) is 42.2 Å². The van der Waals surface area contributed by atoms with E-state index < -0.39 is 35.7 Å². The van der Waals surface area contributed by atoms with Crippen molar-refractivity contribution in [3.05, 3.63) is 199 Å². The van der Waals surface area contributed by atoms with Gasteiger partial charge in [0.2, 0.25) is 0 Å². The van der Waals surface area contributed by atoms with Crippen LogP contribution in [0.4, 0.5) is 4.79 Å². The number of benzene rings is 6. The van der Waals surface area contributed by atoms with Gasteiger partial charge in [-0.05, 0) is 37.5 Å². The molecule has 0 heterocycles. The number of amides is 1. The topological polar surface area (TPSA) is 64.6 Å². The number of alkyl carbamates (subject to hydrolysis) is 1. The van der Waals surface area contributed by atoms with Crippen LogP contribution in [0.1, 0.15) is 63.1 Å². The van der Waals surface area contributed by atoms with Crippen molar-refractivity contribution < 1.29 is 19.1 Å². The van der Waals surface area contributed by atoms with Crippen LogP contribution in [0.5, 0.6) is 0 Å². The van der Waals surface area contributed by atoms with Crippen molar-refractivity contribution in [1.29, 1.82) is 0 Å². The van der Waals surface area contributed by atoms with Crippen molar-refractivity contribution in [2.75, 3.05) is 18.5 Å². The van der Waals surface area contributed by atoms with Gasteiger partial charge in [0.1, 0.15) is 5.60 Å². The summed E-state index contributed by atoms with van der Waals surface area (Å²) in [5.41, 5.74) is 2.48. The summed E-state index contributed by atoms with van der Waals surface area (Å²) in [6.07, 6.45) is 4.16. The molecule has 0 aliphatic carbocycles. The van der Waals surface area contributed by atoms with Crippen LogP contribution in [0.25, 0.3) is 0 Å². The Hall–Kier alpha value is -5.16. The van der Waals surface area contributed by atoms with Crippen LogP contribution in [0.15, 0.2) is 182 Å². The number of hydrogen-bond donors (Lipinski definition) is 1. The van der Waals surface area contributed by atoms with E-state index in [1.54, 1.807) is 11.8 Å². The third-order valence-corrected chi connectivity index (χ3v) is 17.2. The minimum absolute atomic E-state index is 0.252. The fourth-order valence-electron chi connectivity index (χ4n) is 7.82. The predicted octanol–water partition coefficient (Wildman–Crippen LogP) is 10.4. The van der Waals surface area contributed by atoms with Crippen LogP contribution >= 0.6 is 19.0 Å². The summed E-state index contributed by atoms with van der Waals surface area (Å²) in [7, 11) is -2.30. The number of carbonyl (C=O) groups excluding carboxylic acids is 2. The summed E-state index contributed by atoms with van der Waals surface area (Å²) in [6.45, 7) is 5.71. The van der Waals surface area contributed by atoms with E-state index in [9.17, 15) is 9.59 Å². The van der Waals surface area contributed by atoms with Gasteiger partial charge >= 0.3 is 217 Å². The average Bonchev–Trinajstić information content (AvgIpc) is 3.26. The van der Waals surface area contributed by atoms with Gasteiger partial charge in [-0.1, -0.05) is 91.0 Å². The Labute approximate surface area is 349 Å². The first kappa shape index (κ1) is 42.4. The second-order valence-electron chi connectivity index (χ2n) is 15.6. The molecule has 1 unspecified atom stereocenters. The third kappa shape index (κ3) is 10.7. The van der Waals surface area contributed by atoms with Gasteiger partial charge < -0.3 is 0 Å². The minimum atomic E-state index is -2.30. The number of nitrogens with one attached hydrogen (secondary N) is 1. The molecule has 5 nitrogen and oxygen atoms in total. The molecule has 0 saturated carbocycles. The molecule has 0 saturated heterocycles. The second-order valence-corrected chi connectivity index (χ2v) is 20.9. The predicted molar refractivity (Wildman–Crippen MR) is 246 cm³/mol. The molecule has 58 heavy (non-hydrogen) atoms. The zero-order valence-electron chi connectivity index (χ0n) is 33.9. The molecule has 300 valence electrons. The molecule has 0 bridgehead atoms. The van der Waals surface area contributed by atoms with Gasteiger partial charge in [-0.15, -0.1) is 0 Å². The summed E-state index contributed by atoms with van der Waals surface area (Å²) < 4.78 is 10.9. The number of carbonyl (C=O) groups is 2. The number of unbranched alkanes of at least 4 members (excludes halogenated alkanes) is 3. The van der Waals surface area contributed by atoms with E-state index >= 15 is 0 Å². The van der Waals surface area contributed by atoms with Crippen molar-refractivity contribution in [3.8, 4) is 0 Å². The normalized spacial score (nSPS) is 12.6. The van der Waals surface area contributed by atoms with Crippen LogP contribution in [0, 0.1) is 0 Å². The number of ether oxygens (including phenoxy) is 2. The van der Waals surface area contributed by atoms with Gasteiger partial charge in [0.05, 0.1) is 0 Å². The zero-order chi connectivity index (χ0) is 40.7. The Morgan fingerprint density at radius 2 is 0.931 bits per heavy atom. The molecule has 7 heteroatoms. The van der Waals surface area contributed by atoms with Crippen molar-refractivity contribution in [1.82, 2.24) is 5.32 Å². The molecule has 6 rings (SSSR count). The number of rotatable bonds is 18. The summed E-state index contributed by atoms with van der Waals surface area (Å²) >= 11 is 1.60. The fourth-order valence-corrected chi connectivity index (χ4v) is 14.3. The van der Waals surface area contributed by atoms with Crippen molar-refractivity contribution in [2.24, 2.45) is 0 Å². The first-order valence-corrected chi connectivity index (χ1v) is 23.5. The maximum atomic E-state index is 14.0. The van der Waals surface area contributed by atoms with Crippen molar-refractivity contribution >= 4 is 47.0 Å². The van der Waals surface area contributed by atoms with Gasteiger partial charge in [-0.2, -0.15) is 0 Å². The molecule has 1 atom stereocenters. The van der Waals surface area contributed by atoms with Gasteiger partial charge in [0.15, 0.2) is 0 Å². The molecule has 6 aromatic carbocycles. The number of hydrogen-bond acceptors (Lipinski definition) is 5. The van der Waals surface area contributed by atoms with E-state index in [-0.39, 0.29) is 12.4 Å². The van der Waals surface area contributed by atoms with Crippen LogP contribution in [0.3, 0.4) is 0 Å². The first-order chi connectivity index (χ1) is 28.2. The summed E-state index contributed by atoms with van der Waals surface area (Å²) in [4.78, 5) is 27.2. The van der Waals surface area contributed by atoms with Crippen molar-refractivity contribution in [3.63, 3.8) is 0 Å². The van der Waals surface area contributed by atoms with Gasteiger partial charge in [0, 0.05) is 0 Å². The van der Waals surface area contributed by atoms with Gasteiger partial charge in [-0.3, -0.25) is 0 Å². The molecule has 0 aromatic heterocycles. The van der Waals surface area contributed by atoms with E-state index in [2.05, 4.69) is 133 Å². The van der Waals surface area contributed by atoms with E-state index in [4.69, 9.17) is 9.47 Å². The Morgan fingerprint density at radius 3 is 1.33 bits per heavy atom. The Bertz CT molecular complexity index is 1940. The molecule has 0 aliphatic heterocycles. The van der Waals surface area contributed by atoms with E-state index in [0.29, 0.717) is 0 Å². The monoisotopic (exact) mass is 809 g/mol. The Balaban J connectivity index is 1.15. The summed E-state index contributed by atoms with van der Waals surface area (Å²) in [5, 5.41) is 7.12. The Kier molecular flexibility index (Phi) is 15.0. The first-order valence-electron chi connectivity index (χ1n) is 20.4. The van der Waals surface area contributed by atoms with Gasteiger partial charge in [-0.25, -0.2) is 0 Å². The number of thioether (sulfide) groups is 1.